The Hall–Kier alpha value is -4.79. The molecule has 2 aliphatic rings. The molecule has 0 saturated carbocycles. The van der Waals surface area contributed by atoms with Gasteiger partial charge in [0.1, 0.15) is 6.04 Å². The van der Waals surface area contributed by atoms with E-state index >= 15 is 0 Å². The molecule has 3 aromatic carbocycles. The minimum Gasteiger partial charge on any atom is -0.493 e. The number of amides is 4. The van der Waals surface area contributed by atoms with Crippen molar-refractivity contribution in [2.24, 2.45) is 0 Å². The third kappa shape index (κ3) is 4.46. The molecule has 0 N–H and O–H groups in total. The van der Waals surface area contributed by atoms with Crippen LogP contribution in [0.5, 0.6) is 11.5 Å². The Balaban J connectivity index is 1.36. The maximum Gasteiger partial charge on any atom is 0.262 e. The van der Waals surface area contributed by atoms with Gasteiger partial charge < -0.3 is 9.47 Å². The summed E-state index contributed by atoms with van der Waals surface area (Å²) < 4.78 is 10.6. The molecule has 5 rings (SSSR count). The zero-order chi connectivity index (χ0) is 27.7. The van der Waals surface area contributed by atoms with E-state index in [1.54, 1.807) is 60.7 Å². The van der Waals surface area contributed by atoms with E-state index in [2.05, 4.69) is 0 Å². The van der Waals surface area contributed by atoms with E-state index in [4.69, 9.17) is 9.47 Å². The fourth-order valence-corrected chi connectivity index (χ4v) is 5.10. The predicted molar refractivity (Wildman–Crippen MR) is 140 cm³/mol. The maximum absolute atomic E-state index is 13.8. The van der Waals surface area contributed by atoms with Gasteiger partial charge in [0.2, 0.25) is 0 Å². The lowest BCUT2D eigenvalue weighted by Gasteiger charge is -2.26. The summed E-state index contributed by atoms with van der Waals surface area (Å²) in [4.78, 5) is 67.9. The summed E-state index contributed by atoms with van der Waals surface area (Å²) in [5, 5.41) is 0. The van der Waals surface area contributed by atoms with Gasteiger partial charge in [-0.2, -0.15) is 0 Å². The third-order valence-corrected chi connectivity index (χ3v) is 7.10. The van der Waals surface area contributed by atoms with Crippen LogP contribution in [0.2, 0.25) is 0 Å². The number of methoxy groups -OCH3 is 2. The molecule has 198 valence electrons. The lowest BCUT2D eigenvalue weighted by Crippen LogP contribution is -2.45. The molecule has 1 atom stereocenters. The second-order valence-corrected chi connectivity index (χ2v) is 9.28. The molecule has 39 heavy (non-hydrogen) atoms. The fourth-order valence-electron chi connectivity index (χ4n) is 5.10. The highest BCUT2D eigenvalue weighted by Crippen LogP contribution is 2.32. The first-order valence-electron chi connectivity index (χ1n) is 12.6. The van der Waals surface area contributed by atoms with Crippen molar-refractivity contribution in [3.05, 3.63) is 94.5 Å². The Morgan fingerprint density at radius 1 is 0.692 bits per heavy atom. The molecule has 0 spiro atoms. The molecule has 0 fully saturated rings. The SMILES string of the molecule is COc1ccc(C(=O)[C@H](CCCCN2C(=O)c3ccccc3C2=O)N2C(=O)c3ccccc3C2=O)cc1OC. The van der Waals surface area contributed by atoms with Gasteiger partial charge in [0.15, 0.2) is 17.3 Å². The highest BCUT2D eigenvalue weighted by Gasteiger charge is 2.43. The number of fused-ring (bicyclic) bond motifs is 2. The number of nitrogens with zero attached hydrogens (tertiary/aromatic N) is 2. The second-order valence-electron chi connectivity index (χ2n) is 9.28. The molecule has 3 aromatic rings. The van der Waals surface area contributed by atoms with Crippen LogP contribution in [-0.2, 0) is 0 Å². The zero-order valence-corrected chi connectivity index (χ0v) is 21.5. The van der Waals surface area contributed by atoms with Crippen LogP contribution in [0.3, 0.4) is 0 Å². The zero-order valence-electron chi connectivity index (χ0n) is 21.5. The summed E-state index contributed by atoms with van der Waals surface area (Å²) in [6, 6.07) is 16.7. The van der Waals surface area contributed by atoms with E-state index in [9.17, 15) is 24.0 Å². The van der Waals surface area contributed by atoms with E-state index in [1.807, 2.05) is 0 Å². The van der Waals surface area contributed by atoms with E-state index in [0.29, 0.717) is 35.5 Å². The van der Waals surface area contributed by atoms with Crippen molar-refractivity contribution < 1.29 is 33.4 Å². The van der Waals surface area contributed by atoms with E-state index in [0.717, 1.165) is 4.90 Å². The summed E-state index contributed by atoms with van der Waals surface area (Å²) in [6.07, 6.45) is 0.927. The number of hydrogen-bond acceptors (Lipinski definition) is 7. The Kier molecular flexibility index (Phi) is 6.98. The summed E-state index contributed by atoms with van der Waals surface area (Å²) in [7, 11) is 2.93. The van der Waals surface area contributed by atoms with Gasteiger partial charge in [-0.3, -0.25) is 33.8 Å². The molecule has 0 radical (unpaired) electrons. The van der Waals surface area contributed by atoms with Crippen LogP contribution in [0.15, 0.2) is 66.7 Å². The molecular weight excluding hydrogens is 500 g/mol. The van der Waals surface area contributed by atoms with Gasteiger partial charge in [0, 0.05) is 12.1 Å². The Bertz CT molecular complexity index is 1440. The minimum atomic E-state index is -1.09. The first kappa shape index (κ1) is 25.8. The molecule has 9 heteroatoms. The highest BCUT2D eigenvalue weighted by atomic mass is 16.5. The van der Waals surface area contributed by atoms with Crippen LogP contribution in [-0.4, -0.2) is 66.0 Å². The first-order valence-corrected chi connectivity index (χ1v) is 12.6. The van der Waals surface area contributed by atoms with E-state index in [1.165, 1.54) is 25.2 Å². The highest BCUT2D eigenvalue weighted by molar-refractivity contribution is 6.24. The molecule has 9 nitrogen and oxygen atoms in total. The molecule has 2 heterocycles. The van der Waals surface area contributed by atoms with Crippen molar-refractivity contribution in [3.63, 3.8) is 0 Å². The van der Waals surface area contributed by atoms with E-state index in [-0.39, 0.29) is 41.5 Å². The number of hydrogen-bond donors (Lipinski definition) is 0. The molecule has 0 bridgehead atoms. The second kappa shape index (κ2) is 10.5. The number of benzene rings is 3. The fraction of sp³-hybridized carbons (Fsp3) is 0.233. The summed E-state index contributed by atoms with van der Waals surface area (Å²) >= 11 is 0. The van der Waals surface area contributed by atoms with Crippen LogP contribution in [0.4, 0.5) is 0 Å². The first-order chi connectivity index (χ1) is 18.9. The summed E-state index contributed by atoms with van der Waals surface area (Å²) in [5.74, 6) is -1.42. The molecule has 0 saturated heterocycles. The van der Waals surface area contributed by atoms with Crippen LogP contribution in [0.25, 0.3) is 0 Å². The van der Waals surface area contributed by atoms with Crippen molar-refractivity contribution in [1.29, 1.82) is 0 Å². The number of rotatable bonds is 10. The van der Waals surface area contributed by atoms with E-state index < -0.39 is 23.6 Å². The molecular formula is C30H26N2O7. The number of carbonyl (C=O) groups is 5. The molecule has 0 unspecified atom stereocenters. The van der Waals surface area contributed by atoms with Crippen molar-refractivity contribution >= 4 is 29.4 Å². The van der Waals surface area contributed by atoms with Crippen LogP contribution in [0, 0.1) is 0 Å². The number of unbranched alkanes of at least 4 members (excludes halogenated alkanes) is 1. The number of imide groups is 2. The number of ether oxygens (including phenoxy) is 2. The normalized spacial score (nSPS) is 14.9. The van der Waals surface area contributed by atoms with Crippen LogP contribution >= 0.6 is 0 Å². The van der Waals surface area contributed by atoms with Crippen LogP contribution in [0.1, 0.15) is 71.1 Å². The topological polar surface area (TPSA) is 110 Å². The number of Topliss-reactive ketones (excluding diaryl/α,β-unsaturated/α-hetero) is 1. The van der Waals surface area contributed by atoms with Gasteiger partial charge in [-0.25, -0.2) is 0 Å². The third-order valence-electron chi connectivity index (χ3n) is 7.10. The average Bonchev–Trinajstić information content (AvgIpc) is 3.37. The van der Waals surface area contributed by atoms with Gasteiger partial charge >= 0.3 is 0 Å². The largest absolute Gasteiger partial charge is 0.493 e. The van der Waals surface area contributed by atoms with Gasteiger partial charge in [0.05, 0.1) is 36.5 Å². The number of ketones is 1. The summed E-state index contributed by atoms with van der Waals surface area (Å²) in [6.45, 7) is 0.158. The predicted octanol–water partition coefficient (Wildman–Crippen LogP) is 4.02. The minimum absolute atomic E-state index is 0.155. The Morgan fingerprint density at radius 2 is 1.21 bits per heavy atom. The lowest BCUT2D eigenvalue weighted by atomic mass is 9.97. The molecule has 4 amide bonds. The molecule has 0 aromatic heterocycles. The standard InChI is InChI=1S/C30H26N2O7/c1-38-24-15-14-18(17-25(24)39-2)26(33)23(32-29(36)21-11-5-6-12-22(21)30(32)37)13-7-8-16-31-27(34)19-9-3-4-10-20(19)28(31)35/h3-6,9-12,14-15,17,23H,7-8,13,16H2,1-2H3/t23-/m0/s1. The molecule has 2 aliphatic heterocycles. The van der Waals surface area contributed by atoms with Crippen molar-refractivity contribution in [2.45, 2.75) is 25.3 Å². The number of carbonyl (C=O) groups excluding carboxylic acids is 5. The van der Waals surface area contributed by atoms with Crippen molar-refractivity contribution in [1.82, 2.24) is 9.80 Å². The quantitative estimate of drug-likeness (QED) is 0.223. The Morgan fingerprint density at radius 3 is 1.72 bits per heavy atom. The van der Waals surface area contributed by atoms with Gasteiger partial charge in [-0.15, -0.1) is 0 Å². The molecule has 0 aliphatic carbocycles. The Labute approximate surface area is 224 Å². The smallest absolute Gasteiger partial charge is 0.262 e. The average molecular weight is 527 g/mol. The maximum atomic E-state index is 13.8. The van der Waals surface area contributed by atoms with Gasteiger partial charge in [0.25, 0.3) is 23.6 Å². The van der Waals surface area contributed by atoms with Crippen LogP contribution < -0.4 is 9.47 Å². The monoisotopic (exact) mass is 526 g/mol. The van der Waals surface area contributed by atoms with Crippen molar-refractivity contribution in [2.75, 3.05) is 20.8 Å². The van der Waals surface area contributed by atoms with Crippen molar-refractivity contribution in [3.8, 4) is 11.5 Å². The summed E-state index contributed by atoms with van der Waals surface area (Å²) in [5.41, 5.74) is 1.50. The lowest BCUT2D eigenvalue weighted by molar-refractivity contribution is 0.0529. The van der Waals surface area contributed by atoms with Gasteiger partial charge in [-0.05, 0) is 61.7 Å². The van der Waals surface area contributed by atoms with Gasteiger partial charge in [-0.1, -0.05) is 24.3 Å².